The van der Waals surface area contributed by atoms with Crippen molar-refractivity contribution < 1.29 is 13.9 Å². The van der Waals surface area contributed by atoms with Crippen molar-refractivity contribution in [2.75, 3.05) is 23.8 Å². The number of hydrogen-bond donors (Lipinski definition) is 3. The molecule has 0 radical (unpaired) electrons. The molecule has 128 valence electrons. The maximum atomic E-state index is 13.9. The van der Waals surface area contributed by atoms with Crippen LogP contribution < -0.4 is 10.6 Å². The summed E-state index contributed by atoms with van der Waals surface area (Å²) in [6.45, 7) is 0.140. The van der Waals surface area contributed by atoms with E-state index in [1.165, 1.54) is 6.07 Å². The van der Waals surface area contributed by atoms with E-state index >= 15 is 0 Å². The predicted octanol–water partition coefficient (Wildman–Crippen LogP) is 2.96. The first-order chi connectivity index (χ1) is 12.2. The van der Waals surface area contributed by atoms with Gasteiger partial charge in [-0.3, -0.25) is 4.98 Å². The minimum atomic E-state index is -0.728. The van der Waals surface area contributed by atoms with E-state index in [4.69, 9.17) is 5.11 Å². The number of aromatic nitrogens is 3. The second kappa shape index (κ2) is 7.63. The number of rotatable bonds is 6. The van der Waals surface area contributed by atoms with Crippen molar-refractivity contribution in [3.8, 4) is 11.3 Å². The van der Waals surface area contributed by atoms with E-state index in [2.05, 4.69) is 25.6 Å². The molecule has 3 aromatic rings. The molecule has 3 N–H and O–H groups in total. The fraction of sp³-hybridized carbons (Fsp3) is 0.118. The maximum absolute atomic E-state index is 13.9. The number of aliphatic hydroxyl groups is 1. The highest BCUT2D eigenvalue weighted by Crippen LogP contribution is 2.26. The van der Waals surface area contributed by atoms with Crippen LogP contribution in [0.4, 0.5) is 26.2 Å². The summed E-state index contributed by atoms with van der Waals surface area (Å²) in [5.74, 6) is -1.02. The maximum Gasteiger partial charge on any atom is 0.225 e. The van der Waals surface area contributed by atoms with Crippen LogP contribution in [0.5, 0.6) is 0 Å². The molecule has 0 saturated carbocycles. The van der Waals surface area contributed by atoms with Gasteiger partial charge in [0.15, 0.2) is 0 Å². The molecule has 0 spiro atoms. The molecule has 25 heavy (non-hydrogen) atoms. The number of pyridine rings is 1. The molecular weight excluding hydrogens is 328 g/mol. The lowest BCUT2D eigenvalue weighted by Crippen LogP contribution is -2.10. The molecule has 2 aromatic heterocycles. The third kappa shape index (κ3) is 4.04. The average molecular weight is 343 g/mol. The molecule has 6 nitrogen and oxygen atoms in total. The van der Waals surface area contributed by atoms with Gasteiger partial charge in [0.25, 0.3) is 0 Å². The van der Waals surface area contributed by atoms with Gasteiger partial charge in [-0.2, -0.15) is 4.98 Å². The predicted molar refractivity (Wildman–Crippen MR) is 90.5 cm³/mol. The zero-order chi connectivity index (χ0) is 17.6. The Morgan fingerprint density at radius 1 is 1.00 bits per heavy atom. The van der Waals surface area contributed by atoms with Crippen molar-refractivity contribution in [2.24, 2.45) is 0 Å². The van der Waals surface area contributed by atoms with E-state index in [1.807, 2.05) is 0 Å². The van der Waals surface area contributed by atoms with Crippen molar-refractivity contribution in [1.29, 1.82) is 0 Å². The van der Waals surface area contributed by atoms with Crippen molar-refractivity contribution in [2.45, 2.75) is 0 Å². The SMILES string of the molecule is OCCNc1nc(Nc2c(F)cccc2F)cc(-c2ccncc2)n1. The number of para-hydroxylation sites is 1. The molecule has 0 fully saturated rings. The standard InChI is InChI=1S/C17H15F2N5O/c18-12-2-1-3-13(19)16(12)23-15-10-14(11-4-6-20-7-5-11)22-17(24-15)21-8-9-25/h1-7,10,25H,8-9H2,(H2,21,22,23,24). The first-order valence-corrected chi connectivity index (χ1v) is 7.52. The van der Waals surface area contributed by atoms with E-state index in [0.717, 1.165) is 17.7 Å². The van der Waals surface area contributed by atoms with Gasteiger partial charge in [-0.1, -0.05) is 6.07 Å². The van der Waals surface area contributed by atoms with Crippen LogP contribution in [0.2, 0.25) is 0 Å². The fourth-order valence-corrected chi connectivity index (χ4v) is 2.17. The zero-order valence-corrected chi connectivity index (χ0v) is 13.1. The van der Waals surface area contributed by atoms with Gasteiger partial charge < -0.3 is 15.7 Å². The molecule has 0 aliphatic heterocycles. The third-order valence-corrected chi connectivity index (χ3v) is 3.31. The lowest BCUT2D eigenvalue weighted by molar-refractivity contribution is 0.311. The van der Waals surface area contributed by atoms with Crippen molar-refractivity contribution >= 4 is 17.5 Å². The number of aliphatic hydroxyl groups excluding tert-OH is 1. The van der Waals surface area contributed by atoms with Crippen molar-refractivity contribution in [3.63, 3.8) is 0 Å². The molecule has 1 aromatic carbocycles. The Balaban J connectivity index is 2.00. The second-order valence-corrected chi connectivity index (χ2v) is 5.07. The first-order valence-electron chi connectivity index (χ1n) is 7.52. The summed E-state index contributed by atoms with van der Waals surface area (Å²) in [7, 11) is 0. The van der Waals surface area contributed by atoms with Gasteiger partial charge in [-0.25, -0.2) is 13.8 Å². The summed E-state index contributed by atoms with van der Waals surface area (Å²) in [4.78, 5) is 12.5. The van der Waals surface area contributed by atoms with Gasteiger partial charge >= 0.3 is 0 Å². The van der Waals surface area contributed by atoms with Crippen LogP contribution in [0, 0.1) is 11.6 Å². The largest absolute Gasteiger partial charge is 0.395 e. The number of hydrogen-bond acceptors (Lipinski definition) is 6. The summed E-state index contributed by atoms with van der Waals surface area (Å²) in [6.07, 6.45) is 3.23. The highest BCUT2D eigenvalue weighted by molar-refractivity contribution is 5.67. The molecule has 0 aliphatic rings. The normalized spacial score (nSPS) is 10.5. The zero-order valence-electron chi connectivity index (χ0n) is 13.1. The number of anilines is 3. The van der Waals surface area contributed by atoms with Gasteiger partial charge in [-0.05, 0) is 24.3 Å². The quantitative estimate of drug-likeness (QED) is 0.638. The Morgan fingerprint density at radius 3 is 2.40 bits per heavy atom. The monoisotopic (exact) mass is 343 g/mol. The topological polar surface area (TPSA) is 83.0 Å². The minimum Gasteiger partial charge on any atom is -0.395 e. The first kappa shape index (κ1) is 16.7. The molecule has 0 aliphatic carbocycles. The molecule has 0 amide bonds. The Kier molecular flexibility index (Phi) is 5.10. The summed E-state index contributed by atoms with van der Waals surface area (Å²) in [6, 6.07) is 8.68. The number of benzene rings is 1. The summed E-state index contributed by atoms with van der Waals surface area (Å²) >= 11 is 0. The van der Waals surface area contributed by atoms with Crippen LogP contribution in [0.25, 0.3) is 11.3 Å². The van der Waals surface area contributed by atoms with Crippen LogP contribution in [-0.4, -0.2) is 33.2 Å². The highest BCUT2D eigenvalue weighted by Gasteiger charge is 2.12. The van der Waals surface area contributed by atoms with E-state index in [1.54, 1.807) is 30.6 Å². The van der Waals surface area contributed by atoms with Crippen LogP contribution >= 0.6 is 0 Å². The van der Waals surface area contributed by atoms with Crippen LogP contribution in [0.3, 0.4) is 0 Å². The average Bonchev–Trinajstić information content (AvgIpc) is 2.64. The van der Waals surface area contributed by atoms with Gasteiger partial charge in [0.1, 0.15) is 23.1 Å². The number of halogens is 2. The molecular formula is C17H15F2N5O. The summed E-state index contributed by atoms with van der Waals surface area (Å²) in [5.41, 5.74) is 1.01. The Morgan fingerprint density at radius 2 is 1.72 bits per heavy atom. The molecule has 8 heteroatoms. The van der Waals surface area contributed by atoms with Gasteiger partial charge in [0, 0.05) is 30.6 Å². The third-order valence-electron chi connectivity index (χ3n) is 3.31. The summed E-state index contributed by atoms with van der Waals surface area (Å²) in [5, 5.41) is 14.4. The van der Waals surface area contributed by atoms with Crippen molar-refractivity contribution in [1.82, 2.24) is 15.0 Å². The Bertz CT molecular complexity index is 841. The number of nitrogens with one attached hydrogen (secondary N) is 2. The van der Waals surface area contributed by atoms with Gasteiger partial charge in [-0.15, -0.1) is 0 Å². The minimum absolute atomic E-state index is 0.104. The summed E-state index contributed by atoms with van der Waals surface area (Å²) < 4.78 is 27.7. The lowest BCUT2D eigenvalue weighted by atomic mass is 10.2. The van der Waals surface area contributed by atoms with Crippen LogP contribution in [0.1, 0.15) is 0 Å². The van der Waals surface area contributed by atoms with Gasteiger partial charge in [0.05, 0.1) is 12.3 Å². The molecule has 3 rings (SSSR count). The lowest BCUT2D eigenvalue weighted by Gasteiger charge is -2.12. The fourth-order valence-electron chi connectivity index (χ4n) is 2.17. The van der Waals surface area contributed by atoms with E-state index in [-0.39, 0.29) is 30.6 Å². The number of nitrogens with zero attached hydrogens (tertiary/aromatic N) is 3. The van der Waals surface area contributed by atoms with Crippen LogP contribution in [0.15, 0.2) is 48.8 Å². The van der Waals surface area contributed by atoms with E-state index in [9.17, 15) is 8.78 Å². The smallest absolute Gasteiger partial charge is 0.225 e. The molecule has 0 bridgehead atoms. The highest BCUT2D eigenvalue weighted by atomic mass is 19.1. The van der Waals surface area contributed by atoms with E-state index in [0.29, 0.717) is 5.69 Å². The Hall–Kier alpha value is -3.13. The van der Waals surface area contributed by atoms with Gasteiger partial charge in [0.2, 0.25) is 5.95 Å². The van der Waals surface area contributed by atoms with Crippen molar-refractivity contribution in [3.05, 3.63) is 60.4 Å². The Labute approximate surface area is 142 Å². The molecule has 0 unspecified atom stereocenters. The van der Waals surface area contributed by atoms with Crippen LogP contribution in [-0.2, 0) is 0 Å². The molecule has 2 heterocycles. The molecule has 0 atom stereocenters. The van der Waals surface area contributed by atoms with E-state index < -0.39 is 11.6 Å². The molecule has 0 saturated heterocycles. The second-order valence-electron chi connectivity index (χ2n) is 5.07.